The molecule has 28 heavy (non-hydrogen) atoms. The zero-order valence-electron chi connectivity index (χ0n) is 16.7. The number of nitrogens with one attached hydrogen (secondary N) is 1. The first-order chi connectivity index (χ1) is 13.3. The molecular formula is C22H28N2O3S. The van der Waals surface area contributed by atoms with Crippen LogP contribution < -0.4 is 5.32 Å². The Morgan fingerprint density at radius 1 is 1.04 bits per heavy atom. The van der Waals surface area contributed by atoms with Crippen molar-refractivity contribution in [2.24, 2.45) is 5.92 Å². The van der Waals surface area contributed by atoms with E-state index in [2.05, 4.69) is 5.32 Å². The molecule has 5 nitrogen and oxygen atoms in total. The lowest BCUT2D eigenvalue weighted by Crippen LogP contribution is -2.43. The van der Waals surface area contributed by atoms with E-state index in [0.717, 1.165) is 16.7 Å². The van der Waals surface area contributed by atoms with Crippen molar-refractivity contribution in [1.29, 1.82) is 0 Å². The Bertz CT molecular complexity index is 931. The average molecular weight is 401 g/mol. The molecule has 0 bridgehead atoms. The van der Waals surface area contributed by atoms with E-state index >= 15 is 0 Å². The highest BCUT2D eigenvalue weighted by atomic mass is 32.2. The molecule has 1 N–H and O–H groups in total. The van der Waals surface area contributed by atoms with Crippen molar-refractivity contribution in [3.63, 3.8) is 0 Å². The summed E-state index contributed by atoms with van der Waals surface area (Å²) in [6.07, 6.45) is 1.08. The van der Waals surface area contributed by atoms with Gasteiger partial charge >= 0.3 is 0 Å². The molecule has 0 saturated carbocycles. The SMILES string of the molecule is Cc1ccc(S(=O)(=O)N2CCC(C(=O)N[C@H](C)c3ccccc3C)CC2)cc1. The first-order valence-corrected chi connectivity index (χ1v) is 11.2. The van der Waals surface area contributed by atoms with Gasteiger partial charge in [-0.15, -0.1) is 0 Å². The first-order valence-electron chi connectivity index (χ1n) is 9.72. The van der Waals surface area contributed by atoms with E-state index in [1.165, 1.54) is 4.31 Å². The van der Waals surface area contributed by atoms with E-state index in [9.17, 15) is 13.2 Å². The van der Waals surface area contributed by atoms with E-state index in [4.69, 9.17) is 0 Å². The molecule has 1 atom stereocenters. The summed E-state index contributed by atoms with van der Waals surface area (Å²) in [5, 5.41) is 3.09. The molecule has 0 aromatic heterocycles. The molecular weight excluding hydrogens is 372 g/mol. The second-order valence-electron chi connectivity index (χ2n) is 7.58. The highest BCUT2D eigenvalue weighted by Gasteiger charge is 2.32. The summed E-state index contributed by atoms with van der Waals surface area (Å²) in [6, 6.07) is 14.9. The van der Waals surface area contributed by atoms with Gasteiger partial charge in [0.15, 0.2) is 0 Å². The van der Waals surface area contributed by atoms with E-state index in [1.54, 1.807) is 24.3 Å². The molecule has 1 heterocycles. The van der Waals surface area contributed by atoms with Crippen LogP contribution in [0.1, 0.15) is 42.5 Å². The fourth-order valence-corrected chi connectivity index (χ4v) is 5.17. The van der Waals surface area contributed by atoms with Gasteiger partial charge < -0.3 is 5.32 Å². The Morgan fingerprint density at radius 3 is 2.25 bits per heavy atom. The maximum atomic E-state index is 12.8. The lowest BCUT2D eigenvalue weighted by Gasteiger charge is -2.31. The van der Waals surface area contributed by atoms with Crippen molar-refractivity contribution in [2.45, 2.75) is 44.6 Å². The van der Waals surface area contributed by atoms with Crippen molar-refractivity contribution in [2.75, 3.05) is 13.1 Å². The Balaban J connectivity index is 1.59. The third-order valence-corrected chi connectivity index (χ3v) is 7.41. The molecule has 0 unspecified atom stereocenters. The van der Waals surface area contributed by atoms with Gasteiger partial charge in [-0.25, -0.2) is 8.42 Å². The Labute approximate surface area is 167 Å². The van der Waals surface area contributed by atoms with Gasteiger partial charge in [-0.2, -0.15) is 4.31 Å². The number of benzene rings is 2. The van der Waals surface area contributed by atoms with E-state index < -0.39 is 10.0 Å². The van der Waals surface area contributed by atoms with Crippen LogP contribution in [0.3, 0.4) is 0 Å². The van der Waals surface area contributed by atoms with Crippen molar-refractivity contribution in [3.8, 4) is 0 Å². The number of rotatable bonds is 5. The van der Waals surface area contributed by atoms with Crippen molar-refractivity contribution in [1.82, 2.24) is 9.62 Å². The summed E-state index contributed by atoms with van der Waals surface area (Å²) in [4.78, 5) is 13.0. The summed E-state index contributed by atoms with van der Waals surface area (Å²) < 4.78 is 27.1. The number of aryl methyl sites for hydroxylation is 2. The van der Waals surface area contributed by atoms with Crippen LogP contribution in [0.2, 0.25) is 0 Å². The second-order valence-corrected chi connectivity index (χ2v) is 9.52. The second kappa shape index (κ2) is 8.45. The Hall–Kier alpha value is -2.18. The minimum Gasteiger partial charge on any atom is -0.349 e. The molecule has 0 radical (unpaired) electrons. The molecule has 150 valence electrons. The smallest absolute Gasteiger partial charge is 0.243 e. The maximum Gasteiger partial charge on any atom is 0.243 e. The normalized spacial score (nSPS) is 17.2. The minimum absolute atomic E-state index is 0.00290. The van der Waals surface area contributed by atoms with Gasteiger partial charge in [-0.3, -0.25) is 4.79 Å². The average Bonchev–Trinajstić information content (AvgIpc) is 2.68. The molecule has 0 aliphatic carbocycles. The molecule has 6 heteroatoms. The molecule has 1 aliphatic rings. The lowest BCUT2D eigenvalue weighted by atomic mass is 9.96. The minimum atomic E-state index is -3.50. The van der Waals surface area contributed by atoms with Gasteiger partial charge in [-0.1, -0.05) is 42.0 Å². The van der Waals surface area contributed by atoms with Gasteiger partial charge in [0, 0.05) is 19.0 Å². The molecule has 1 aliphatic heterocycles. The number of piperidine rings is 1. The third-order valence-electron chi connectivity index (χ3n) is 5.50. The number of carbonyl (C=O) groups is 1. The van der Waals surface area contributed by atoms with Gasteiger partial charge in [-0.05, 0) is 56.9 Å². The number of amides is 1. The quantitative estimate of drug-likeness (QED) is 0.834. The molecule has 1 fully saturated rings. The summed E-state index contributed by atoms with van der Waals surface area (Å²) >= 11 is 0. The maximum absolute atomic E-state index is 12.8. The predicted octanol–water partition coefficient (Wildman–Crippen LogP) is 3.58. The van der Waals surface area contributed by atoms with Gasteiger partial charge in [0.1, 0.15) is 0 Å². The topological polar surface area (TPSA) is 66.5 Å². The van der Waals surface area contributed by atoms with E-state index in [-0.39, 0.29) is 17.9 Å². The third kappa shape index (κ3) is 4.45. The first kappa shape index (κ1) is 20.6. The fraction of sp³-hybridized carbons (Fsp3) is 0.409. The molecule has 0 spiro atoms. The van der Waals surface area contributed by atoms with Gasteiger partial charge in [0.05, 0.1) is 10.9 Å². The van der Waals surface area contributed by atoms with Crippen LogP contribution in [0.15, 0.2) is 53.4 Å². The van der Waals surface area contributed by atoms with Crippen molar-refractivity contribution < 1.29 is 13.2 Å². The van der Waals surface area contributed by atoms with Crippen LogP contribution in [0.5, 0.6) is 0 Å². The highest BCUT2D eigenvalue weighted by molar-refractivity contribution is 7.89. The van der Waals surface area contributed by atoms with E-state index in [1.807, 2.05) is 45.0 Å². The standard InChI is InChI=1S/C22H28N2O3S/c1-16-8-10-20(11-9-16)28(26,27)24-14-12-19(13-15-24)22(25)23-18(3)21-7-5-4-6-17(21)2/h4-11,18-19H,12-15H2,1-3H3,(H,23,25)/t18-/m1/s1. The molecule has 2 aromatic carbocycles. The van der Waals surface area contributed by atoms with Gasteiger partial charge in [0.25, 0.3) is 0 Å². The highest BCUT2D eigenvalue weighted by Crippen LogP contribution is 2.25. The number of hydrogen-bond acceptors (Lipinski definition) is 3. The molecule has 3 rings (SSSR count). The number of nitrogens with zero attached hydrogens (tertiary/aromatic N) is 1. The van der Waals surface area contributed by atoms with Crippen LogP contribution in [0, 0.1) is 19.8 Å². The van der Waals surface area contributed by atoms with Gasteiger partial charge in [0.2, 0.25) is 15.9 Å². The monoisotopic (exact) mass is 400 g/mol. The van der Waals surface area contributed by atoms with Crippen LogP contribution in [0.25, 0.3) is 0 Å². The Kier molecular flexibility index (Phi) is 6.20. The van der Waals surface area contributed by atoms with Crippen molar-refractivity contribution >= 4 is 15.9 Å². The van der Waals surface area contributed by atoms with Crippen molar-refractivity contribution in [3.05, 3.63) is 65.2 Å². The Morgan fingerprint density at radius 2 is 1.64 bits per heavy atom. The predicted molar refractivity (Wildman–Crippen MR) is 110 cm³/mol. The molecule has 1 amide bonds. The summed E-state index contributed by atoms with van der Waals surface area (Å²) in [5.41, 5.74) is 3.28. The van der Waals surface area contributed by atoms with E-state index in [0.29, 0.717) is 30.8 Å². The summed E-state index contributed by atoms with van der Waals surface area (Å²) in [5.74, 6) is -0.154. The summed E-state index contributed by atoms with van der Waals surface area (Å²) in [7, 11) is -3.50. The molecule has 2 aromatic rings. The number of hydrogen-bond donors (Lipinski definition) is 1. The summed E-state index contributed by atoms with van der Waals surface area (Å²) in [6.45, 7) is 6.68. The van der Waals surface area contributed by atoms with Crippen LogP contribution in [0.4, 0.5) is 0 Å². The number of sulfonamides is 1. The zero-order chi connectivity index (χ0) is 20.3. The fourth-order valence-electron chi connectivity index (χ4n) is 3.70. The number of carbonyl (C=O) groups excluding carboxylic acids is 1. The zero-order valence-corrected chi connectivity index (χ0v) is 17.5. The van der Waals surface area contributed by atoms with Crippen LogP contribution >= 0.6 is 0 Å². The van der Waals surface area contributed by atoms with Crippen LogP contribution in [-0.2, 0) is 14.8 Å². The molecule has 1 saturated heterocycles. The lowest BCUT2D eigenvalue weighted by molar-refractivity contribution is -0.126. The largest absolute Gasteiger partial charge is 0.349 e. The van der Waals surface area contributed by atoms with Crippen LogP contribution in [-0.4, -0.2) is 31.7 Å².